The number of pyridine rings is 1. The standard InChI is InChI=1S/C14H11ClN4/c1-16-12-6-8-18-14(19-12)10-4-5-11(15)9-3-2-7-17-13(9)10/h2-8H,1H3,(H,16,18,19). The fourth-order valence-electron chi connectivity index (χ4n) is 1.95. The first-order valence-electron chi connectivity index (χ1n) is 5.84. The van der Waals surface area contributed by atoms with Crippen LogP contribution in [0.2, 0.25) is 5.02 Å². The van der Waals surface area contributed by atoms with Crippen molar-refractivity contribution in [2.45, 2.75) is 0 Å². The average Bonchev–Trinajstić information content (AvgIpc) is 2.48. The molecule has 5 heteroatoms. The summed E-state index contributed by atoms with van der Waals surface area (Å²) in [6.45, 7) is 0. The maximum atomic E-state index is 6.18. The van der Waals surface area contributed by atoms with Gasteiger partial charge in [0.05, 0.1) is 10.5 Å². The number of halogens is 1. The van der Waals surface area contributed by atoms with Crippen molar-refractivity contribution in [2.24, 2.45) is 0 Å². The molecule has 19 heavy (non-hydrogen) atoms. The molecular formula is C14H11ClN4. The first-order chi connectivity index (χ1) is 9.29. The lowest BCUT2D eigenvalue weighted by molar-refractivity contribution is 1.17. The molecule has 0 atom stereocenters. The molecule has 94 valence electrons. The topological polar surface area (TPSA) is 50.7 Å². The molecule has 0 radical (unpaired) electrons. The van der Waals surface area contributed by atoms with E-state index in [9.17, 15) is 0 Å². The van der Waals surface area contributed by atoms with Gasteiger partial charge in [0, 0.05) is 30.4 Å². The van der Waals surface area contributed by atoms with E-state index in [2.05, 4.69) is 20.3 Å². The van der Waals surface area contributed by atoms with Gasteiger partial charge in [0.1, 0.15) is 5.82 Å². The zero-order chi connectivity index (χ0) is 13.2. The van der Waals surface area contributed by atoms with E-state index in [4.69, 9.17) is 11.6 Å². The maximum absolute atomic E-state index is 6.18. The predicted octanol–water partition coefficient (Wildman–Crippen LogP) is 3.39. The number of anilines is 1. The van der Waals surface area contributed by atoms with Crippen molar-refractivity contribution in [3.8, 4) is 11.4 Å². The lowest BCUT2D eigenvalue weighted by Gasteiger charge is -2.07. The number of rotatable bonds is 2. The molecule has 3 aromatic rings. The molecule has 3 rings (SSSR count). The summed E-state index contributed by atoms with van der Waals surface area (Å²) in [5, 5.41) is 4.58. The highest BCUT2D eigenvalue weighted by molar-refractivity contribution is 6.35. The van der Waals surface area contributed by atoms with E-state index in [1.807, 2.05) is 37.4 Å². The minimum atomic E-state index is 0.632. The van der Waals surface area contributed by atoms with Gasteiger partial charge in [-0.15, -0.1) is 0 Å². The summed E-state index contributed by atoms with van der Waals surface area (Å²) >= 11 is 6.18. The van der Waals surface area contributed by atoms with E-state index in [0.717, 1.165) is 22.3 Å². The number of benzene rings is 1. The van der Waals surface area contributed by atoms with Gasteiger partial charge >= 0.3 is 0 Å². The van der Waals surface area contributed by atoms with Crippen LogP contribution in [0.4, 0.5) is 5.82 Å². The Kier molecular flexibility index (Phi) is 3.01. The summed E-state index contributed by atoms with van der Waals surface area (Å²) in [6.07, 6.45) is 3.46. The molecule has 0 aliphatic rings. The molecular weight excluding hydrogens is 260 g/mol. The molecule has 0 unspecified atom stereocenters. The smallest absolute Gasteiger partial charge is 0.163 e. The van der Waals surface area contributed by atoms with Crippen LogP contribution >= 0.6 is 11.6 Å². The van der Waals surface area contributed by atoms with Crippen LogP contribution in [0.5, 0.6) is 0 Å². The van der Waals surface area contributed by atoms with Crippen LogP contribution in [-0.2, 0) is 0 Å². The molecule has 0 saturated heterocycles. The van der Waals surface area contributed by atoms with Gasteiger partial charge in [0.15, 0.2) is 5.82 Å². The predicted molar refractivity (Wildman–Crippen MR) is 77.3 cm³/mol. The van der Waals surface area contributed by atoms with E-state index >= 15 is 0 Å². The van der Waals surface area contributed by atoms with Crippen molar-refractivity contribution in [1.82, 2.24) is 15.0 Å². The van der Waals surface area contributed by atoms with Crippen LogP contribution in [0.25, 0.3) is 22.3 Å². The van der Waals surface area contributed by atoms with Crippen LogP contribution in [-0.4, -0.2) is 22.0 Å². The quantitative estimate of drug-likeness (QED) is 0.775. The van der Waals surface area contributed by atoms with E-state index in [1.54, 1.807) is 12.4 Å². The van der Waals surface area contributed by atoms with E-state index in [0.29, 0.717) is 10.8 Å². The van der Waals surface area contributed by atoms with Gasteiger partial charge in [-0.05, 0) is 30.3 Å². The van der Waals surface area contributed by atoms with Crippen molar-refractivity contribution in [2.75, 3.05) is 12.4 Å². The second-order valence-electron chi connectivity index (χ2n) is 4.01. The Morgan fingerprint density at radius 2 is 1.95 bits per heavy atom. The molecule has 4 nitrogen and oxygen atoms in total. The lowest BCUT2D eigenvalue weighted by Crippen LogP contribution is -1.96. The second kappa shape index (κ2) is 4.82. The zero-order valence-corrected chi connectivity index (χ0v) is 11.0. The fourth-order valence-corrected chi connectivity index (χ4v) is 2.16. The van der Waals surface area contributed by atoms with Gasteiger partial charge in [-0.1, -0.05) is 11.6 Å². The molecule has 0 amide bonds. The number of aromatic nitrogens is 3. The molecule has 0 aliphatic heterocycles. The summed E-state index contributed by atoms with van der Waals surface area (Å²) in [6, 6.07) is 9.36. The molecule has 1 aromatic carbocycles. The van der Waals surface area contributed by atoms with Gasteiger partial charge in [0.2, 0.25) is 0 Å². The zero-order valence-electron chi connectivity index (χ0n) is 10.3. The molecule has 2 heterocycles. The third-order valence-electron chi connectivity index (χ3n) is 2.87. The van der Waals surface area contributed by atoms with Crippen molar-refractivity contribution < 1.29 is 0 Å². The third kappa shape index (κ3) is 2.11. The SMILES string of the molecule is CNc1ccnc(-c2ccc(Cl)c3cccnc23)n1. The number of hydrogen-bond donors (Lipinski definition) is 1. The maximum Gasteiger partial charge on any atom is 0.163 e. The number of hydrogen-bond acceptors (Lipinski definition) is 4. The Morgan fingerprint density at radius 1 is 1.05 bits per heavy atom. The van der Waals surface area contributed by atoms with Crippen molar-refractivity contribution in [1.29, 1.82) is 0 Å². The molecule has 1 N–H and O–H groups in total. The van der Waals surface area contributed by atoms with Gasteiger partial charge in [-0.25, -0.2) is 9.97 Å². The summed E-state index contributed by atoms with van der Waals surface area (Å²) in [5.41, 5.74) is 1.68. The van der Waals surface area contributed by atoms with Gasteiger partial charge in [0.25, 0.3) is 0 Å². The van der Waals surface area contributed by atoms with Gasteiger partial charge < -0.3 is 5.32 Å². The Morgan fingerprint density at radius 3 is 2.79 bits per heavy atom. The van der Waals surface area contributed by atoms with E-state index < -0.39 is 0 Å². The molecule has 0 aliphatic carbocycles. The van der Waals surface area contributed by atoms with E-state index in [-0.39, 0.29) is 0 Å². The highest BCUT2D eigenvalue weighted by Crippen LogP contribution is 2.29. The minimum Gasteiger partial charge on any atom is -0.373 e. The lowest BCUT2D eigenvalue weighted by atomic mass is 10.1. The highest BCUT2D eigenvalue weighted by atomic mass is 35.5. The summed E-state index contributed by atoms with van der Waals surface area (Å²) in [5.74, 6) is 1.40. The minimum absolute atomic E-state index is 0.632. The Balaban J connectivity index is 2.28. The third-order valence-corrected chi connectivity index (χ3v) is 3.20. The Labute approximate surface area is 115 Å². The van der Waals surface area contributed by atoms with Crippen molar-refractivity contribution in [3.05, 3.63) is 47.7 Å². The van der Waals surface area contributed by atoms with Crippen molar-refractivity contribution in [3.63, 3.8) is 0 Å². The summed E-state index contributed by atoms with van der Waals surface area (Å²) < 4.78 is 0. The monoisotopic (exact) mass is 270 g/mol. The summed E-state index contributed by atoms with van der Waals surface area (Å²) in [7, 11) is 1.82. The van der Waals surface area contributed by atoms with Crippen LogP contribution in [0.15, 0.2) is 42.7 Å². The molecule has 0 spiro atoms. The molecule has 0 saturated carbocycles. The molecule has 0 bridgehead atoms. The van der Waals surface area contributed by atoms with Gasteiger partial charge in [-0.2, -0.15) is 0 Å². The van der Waals surface area contributed by atoms with Crippen LogP contribution in [0.3, 0.4) is 0 Å². The van der Waals surface area contributed by atoms with Crippen LogP contribution < -0.4 is 5.32 Å². The van der Waals surface area contributed by atoms with Crippen molar-refractivity contribution >= 4 is 28.3 Å². The summed E-state index contributed by atoms with van der Waals surface area (Å²) in [4.78, 5) is 13.1. The number of nitrogens with one attached hydrogen (secondary N) is 1. The second-order valence-corrected chi connectivity index (χ2v) is 4.42. The molecule has 0 fully saturated rings. The fraction of sp³-hybridized carbons (Fsp3) is 0.0714. The van der Waals surface area contributed by atoms with E-state index in [1.165, 1.54) is 0 Å². The Hall–Kier alpha value is -2.20. The van der Waals surface area contributed by atoms with Crippen LogP contribution in [0, 0.1) is 0 Å². The highest BCUT2D eigenvalue weighted by Gasteiger charge is 2.10. The Bertz CT molecular complexity index is 742. The first-order valence-corrected chi connectivity index (χ1v) is 6.22. The average molecular weight is 271 g/mol. The largest absolute Gasteiger partial charge is 0.373 e. The normalized spacial score (nSPS) is 10.6. The van der Waals surface area contributed by atoms with Gasteiger partial charge in [-0.3, -0.25) is 4.98 Å². The van der Waals surface area contributed by atoms with Crippen LogP contribution in [0.1, 0.15) is 0 Å². The molecule has 2 aromatic heterocycles. The number of fused-ring (bicyclic) bond motifs is 1. The number of nitrogens with zero attached hydrogens (tertiary/aromatic N) is 3. The first kappa shape index (κ1) is 11.9.